The van der Waals surface area contributed by atoms with E-state index in [0.29, 0.717) is 0 Å². The fourth-order valence-electron chi connectivity index (χ4n) is 1.44. The molecule has 0 aliphatic carbocycles. The molecular formula is C10H21NO2S. The summed E-state index contributed by atoms with van der Waals surface area (Å²) >= 11 is 2.07. The van der Waals surface area contributed by atoms with Crippen LogP contribution >= 0.6 is 11.8 Å². The Morgan fingerprint density at radius 2 is 2.14 bits per heavy atom. The first-order valence-corrected chi connectivity index (χ1v) is 6.37. The number of ether oxygens (including phenoxy) is 2. The van der Waals surface area contributed by atoms with Gasteiger partial charge in [0.15, 0.2) is 0 Å². The van der Waals surface area contributed by atoms with Gasteiger partial charge in [0, 0.05) is 44.4 Å². The molecule has 0 saturated carbocycles. The van der Waals surface area contributed by atoms with Gasteiger partial charge in [0.1, 0.15) is 0 Å². The minimum atomic E-state index is 0.807. The van der Waals surface area contributed by atoms with Crippen molar-refractivity contribution in [2.24, 2.45) is 0 Å². The summed E-state index contributed by atoms with van der Waals surface area (Å²) in [6.45, 7) is 4.77. The van der Waals surface area contributed by atoms with Crippen LogP contribution in [0.1, 0.15) is 12.8 Å². The normalized spacial score (nSPS) is 18.6. The summed E-state index contributed by atoms with van der Waals surface area (Å²) < 4.78 is 10.3. The first-order chi connectivity index (χ1) is 6.93. The molecule has 1 heterocycles. The first kappa shape index (κ1) is 12.3. The molecule has 3 nitrogen and oxygen atoms in total. The molecule has 0 aromatic heterocycles. The summed E-state index contributed by atoms with van der Waals surface area (Å²) in [5.41, 5.74) is 0. The smallest absolute Gasteiger partial charge is 0.0587 e. The van der Waals surface area contributed by atoms with E-state index in [9.17, 15) is 0 Å². The molecule has 1 saturated heterocycles. The van der Waals surface area contributed by atoms with Gasteiger partial charge in [-0.15, -0.1) is 0 Å². The van der Waals surface area contributed by atoms with Crippen LogP contribution in [0.5, 0.6) is 0 Å². The zero-order valence-electron chi connectivity index (χ0n) is 8.96. The highest BCUT2D eigenvalue weighted by Crippen LogP contribution is 2.21. The molecule has 0 radical (unpaired) electrons. The Morgan fingerprint density at radius 1 is 1.36 bits per heavy atom. The summed E-state index contributed by atoms with van der Waals surface area (Å²) in [6.07, 6.45) is 2.45. The van der Waals surface area contributed by atoms with Crippen molar-refractivity contribution >= 4 is 11.8 Å². The molecule has 0 spiro atoms. The second-order valence-corrected chi connectivity index (χ2v) is 4.83. The number of hydrogen-bond donors (Lipinski definition) is 1. The average Bonchev–Trinajstić information content (AvgIpc) is 2.25. The van der Waals surface area contributed by atoms with Gasteiger partial charge in [0.2, 0.25) is 0 Å². The van der Waals surface area contributed by atoms with Crippen molar-refractivity contribution < 1.29 is 9.47 Å². The van der Waals surface area contributed by atoms with Crippen molar-refractivity contribution in [3.05, 3.63) is 0 Å². The van der Waals surface area contributed by atoms with Crippen LogP contribution in [0.4, 0.5) is 0 Å². The van der Waals surface area contributed by atoms with E-state index in [1.165, 1.54) is 18.6 Å². The van der Waals surface area contributed by atoms with Crippen molar-refractivity contribution in [2.45, 2.75) is 18.1 Å². The summed E-state index contributed by atoms with van der Waals surface area (Å²) in [5.74, 6) is 1.20. The minimum Gasteiger partial charge on any atom is -0.383 e. The Hall–Kier alpha value is 0.230. The highest BCUT2D eigenvalue weighted by Gasteiger charge is 2.12. The van der Waals surface area contributed by atoms with Crippen molar-refractivity contribution in [1.29, 1.82) is 0 Å². The van der Waals surface area contributed by atoms with Crippen molar-refractivity contribution in [1.82, 2.24) is 5.32 Å². The monoisotopic (exact) mass is 219 g/mol. The van der Waals surface area contributed by atoms with Gasteiger partial charge in [-0.25, -0.2) is 0 Å². The van der Waals surface area contributed by atoms with Gasteiger partial charge in [0.05, 0.1) is 6.61 Å². The molecule has 0 bridgehead atoms. The molecule has 84 valence electrons. The third kappa shape index (κ3) is 5.86. The van der Waals surface area contributed by atoms with Crippen LogP contribution in [0.25, 0.3) is 0 Å². The molecule has 1 aliphatic heterocycles. The van der Waals surface area contributed by atoms with Gasteiger partial charge in [-0.2, -0.15) is 11.8 Å². The SMILES string of the molecule is COCCNCCSC1CCOCC1. The maximum absolute atomic E-state index is 5.31. The Morgan fingerprint density at radius 3 is 2.86 bits per heavy atom. The zero-order chi connectivity index (χ0) is 10.1. The van der Waals surface area contributed by atoms with Gasteiger partial charge < -0.3 is 14.8 Å². The van der Waals surface area contributed by atoms with Gasteiger partial charge in [-0.1, -0.05) is 0 Å². The Balaban J connectivity index is 1.82. The standard InChI is InChI=1S/C10H21NO2S/c1-12-8-4-11-5-9-14-10-2-6-13-7-3-10/h10-11H,2-9H2,1H3. The second kappa shape index (κ2) is 8.53. The predicted molar refractivity (Wildman–Crippen MR) is 61.0 cm³/mol. The van der Waals surface area contributed by atoms with Crippen LogP contribution in [-0.4, -0.2) is 51.0 Å². The maximum Gasteiger partial charge on any atom is 0.0587 e. The molecule has 1 rings (SSSR count). The van der Waals surface area contributed by atoms with Crippen LogP contribution in [-0.2, 0) is 9.47 Å². The highest BCUT2D eigenvalue weighted by molar-refractivity contribution is 7.99. The van der Waals surface area contributed by atoms with Crippen molar-refractivity contribution in [2.75, 3.05) is 45.8 Å². The zero-order valence-corrected chi connectivity index (χ0v) is 9.78. The van der Waals surface area contributed by atoms with Gasteiger partial charge in [0.25, 0.3) is 0 Å². The Kier molecular flexibility index (Phi) is 7.50. The summed E-state index contributed by atoms with van der Waals surface area (Å²) in [7, 11) is 1.73. The third-order valence-corrected chi connectivity index (χ3v) is 3.67. The van der Waals surface area contributed by atoms with E-state index >= 15 is 0 Å². The van der Waals surface area contributed by atoms with E-state index in [0.717, 1.165) is 38.2 Å². The molecule has 1 N–H and O–H groups in total. The lowest BCUT2D eigenvalue weighted by Gasteiger charge is -2.21. The third-order valence-electron chi connectivity index (χ3n) is 2.28. The quantitative estimate of drug-likeness (QED) is 0.650. The molecule has 1 fully saturated rings. The molecule has 1 aliphatic rings. The van der Waals surface area contributed by atoms with E-state index in [1.54, 1.807) is 7.11 Å². The fourth-order valence-corrected chi connectivity index (χ4v) is 2.56. The molecule has 4 heteroatoms. The van der Waals surface area contributed by atoms with Crippen LogP contribution in [0.15, 0.2) is 0 Å². The number of nitrogens with one attached hydrogen (secondary N) is 1. The lowest BCUT2D eigenvalue weighted by atomic mass is 10.2. The van der Waals surface area contributed by atoms with E-state index in [2.05, 4.69) is 17.1 Å². The molecule has 0 aromatic carbocycles. The van der Waals surface area contributed by atoms with E-state index in [4.69, 9.17) is 9.47 Å². The second-order valence-electron chi connectivity index (χ2n) is 3.43. The molecule has 0 amide bonds. The lowest BCUT2D eigenvalue weighted by molar-refractivity contribution is 0.100. The molecule has 14 heavy (non-hydrogen) atoms. The number of thioether (sulfide) groups is 1. The summed E-state index contributed by atoms with van der Waals surface area (Å²) in [5, 5.41) is 4.18. The predicted octanol–water partition coefficient (Wildman–Crippen LogP) is 1.13. The first-order valence-electron chi connectivity index (χ1n) is 5.32. The van der Waals surface area contributed by atoms with Crippen molar-refractivity contribution in [3.63, 3.8) is 0 Å². The lowest BCUT2D eigenvalue weighted by Crippen LogP contribution is -2.24. The van der Waals surface area contributed by atoms with E-state index < -0.39 is 0 Å². The molecule has 0 atom stereocenters. The summed E-state index contributed by atoms with van der Waals surface area (Å²) in [4.78, 5) is 0. The Bertz CT molecular complexity index is 129. The van der Waals surface area contributed by atoms with Crippen LogP contribution in [0.2, 0.25) is 0 Å². The highest BCUT2D eigenvalue weighted by atomic mass is 32.2. The van der Waals surface area contributed by atoms with E-state index in [1.807, 2.05) is 0 Å². The molecule has 0 aromatic rings. The summed E-state index contributed by atoms with van der Waals surface area (Å²) in [6, 6.07) is 0. The van der Waals surface area contributed by atoms with Gasteiger partial charge >= 0.3 is 0 Å². The average molecular weight is 219 g/mol. The molecular weight excluding hydrogens is 198 g/mol. The fraction of sp³-hybridized carbons (Fsp3) is 1.00. The van der Waals surface area contributed by atoms with Gasteiger partial charge in [-0.05, 0) is 12.8 Å². The van der Waals surface area contributed by atoms with Crippen molar-refractivity contribution in [3.8, 4) is 0 Å². The largest absolute Gasteiger partial charge is 0.383 e. The number of rotatable bonds is 7. The van der Waals surface area contributed by atoms with E-state index in [-0.39, 0.29) is 0 Å². The topological polar surface area (TPSA) is 30.5 Å². The molecule has 0 unspecified atom stereocenters. The van der Waals surface area contributed by atoms with Crippen LogP contribution < -0.4 is 5.32 Å². The maximum atomic E-state index is 5.31. The van der Waals surface area contributed by atoms with Crippen LogP contribution in [0, 0.1) is 0 Å². The van der Waals surface area contributed by atoms with Gasteiger partial charge in [-0.3, -0.25) is 0 Å². The van der Waals surface area contributed by atoms with Crippen LogP contribution in [0.3, 0.4) is 0 Å². The number of hydrogen-bond acceptors (Lipinski definition) is 4. The Labute approximate surface area is 90.9 Å². The minimum absolute atomic E-state index is 0.807. The number of methoxy groups -OCH3 is 1.